The highest BCUT2D eigenvalue weighted by atomic mass is 16.6. The lowest BCUT2D eigenvalue weighted by molar-refractivity contribution is -0.0912. The van der Waals surface area contributed by atoms with E-state index in [0.717, 1.165) is 19.8 Å². The number of ether oxygens (including phenoxy) is 2. The zero-order chi connectivity index (χ0) is 12.2. The molecule has 0 bridgehead atoms. The minimum Gasteiger partial charge on any atom is -0.376 e. The van der Waals surface area contributed by atoms with E-state index in [1.807, 2.05) is 0 Å². The molecule has 1 aliphatic rings. The summed E-state index contributed by atoms with van der Waals surface area (Å²) in [4.78, 5) is 7.35. The van der Waals surface area contributed by atoms with Crippen molar-refractivity contribution in [3.63, 3.8) is 0 Å². The minimum absolute atomic E-state index is 0.385. The smallest absolute Gasteiger partial charge is 0.115 e. The summed E-state index contributed by atoms with van der Waals surface area (Å²) in [6, 6.07) is 1.78. The van der Waals surface area contributed by atoms with E-state index in [0.29, 0.717) is 6.10 Å². The highest BCUT2D eigenvalue weighted by Crippen LogP contribution is 2.09. The van der Waals surface area contributed by atoms with Gasteiger partial charge in [-0.3, -0.25) is 0 Å². The standard InChI is InChI=1S/C9H18O2.C4H4N2/c1-2-3-4-5-9-8-10-6-7-11-9;1-2-5-4-6-3-1/h9H,2-8H2,1H3;1-4H. The van der Waals surface area contributed by atoms with Crippen LogP contribution in [0, 0.1) is 0 Å². The van der Waals surface area contributed by atoms with Crippen molar-refractivity contribution < 1.29 is 9.47 Å². The first-order chi connectivity index (χ1) is 8.43. The summed E-state index contributed by atoms with van der Waals surface area (Å²) < 4.78 is 10.8. The fraction of sp³-hybridized carbons (Fsp3) is 0.692. The monoisotopic (exact) mass is 238 g/mol. The molecule has 0 aromatic carbocycles. The van der Waals surface area contributed by atoms with Crippen molar-refractivity contribution in [3.8, 4) is 0 Å². The summed E-state index contributed by atoms with van der Waals surface area (Å²) in [5, 5.41) is 0. The average molecular weight is 238 g/mol. The van der Waals surface area contributed by atoms with Gasteiger partial charge in [0.1, 0.15) is 6.33 Å². The molecule has 0 saturated carbocycles. The van der Waals surface area contributed by atoms with Crippen LogP contribution in [0.3, 0.4) is 0 Å². The number of unbranched alkanes of at least 4 members (excludes halogenated alkanes) is 2. The van der Waals surface area contributed by atoms with Crippen LogP contribution < -0.4 is 0 Å². The van der Waals surface area contributed by atoms with E-state index in [1.54, 1.807) is 18.5 Å². The Labute approximate surface area is 103 Å². The van der Waals surface area contributed by atoms with Crippen LogP contribution in [0.4, 0.5) is 0 Å². The molecule has 1 atom stereocenters. The summed E-state index contributed by atoms with van der Waals surface area (Å²) >= 11 is 0. The molecule has 0 spiro atoms. The number of hydrogen-bond donors (Lipinski definition) is 0. The van der Waals surface area contributed by atoms with Crippen LogP contribution in [-0.2, 0) is 9.47 Å². The highest BCUT2D eigenvalue weighted by Gasteiger charge is 2.12. The number of rotatable bonds is 4. The largest absolute Gasteiger partial charge is 0.376 e. The molecule has 96 valence electrons. The van der Waals surface area contributed by atoms with Gasteiger partial charge in [0.25, 0.3) is 0 Å². The zero-order valence-electron chi connectivity index (χ0n) is 10.5. The Balaban J connectivity index is 0.000000202. The maximum absolute atomic E-state index is 5.50. The van der Waals surface area contributed by atoms with Crippen molar-refractivity contribution in [2.75, 3.05) is 19.8 Å². The third-order valence-electron chi connectivity index (χ3n) is 2.49. The van der Waals surface area contributed by atoms with Gasteiger partial charge in [-0.1, -0.05) is 26.2 Å². The van der Waals surface area contributed by atoms with Gasteiger partial charge < -0.3 is 9.47 Å². The normalized spacial score (nSPS) is 19.2. The van der Waals surface area contributed by atoms with Crippen molar-refractivity contribution in [2.24, 2.45) is 0 Å². The first kappa shape index (κ1) is 14.1. The fourth-order valence-corrected chi connectivity index (χ4v) is 1.58. The van der Waals surface area contributed by atoms with Crippen LogP contribution in [-0.4, -0.2) is 35.9 Å². The van der Waals surface area contributed by atoms with Crippen molar-refractivity contribution >= 4 is 0 Å². The van der Waals surface area contributed by atoms with E-state index < -0.39 is 0 Å². The quantitative estimate of drug-likeness (QED) is 0.756. The molecule has 4 heteroatoms. The first-order valence-electron chi connectivity index (χ1n) is 6.32. The topological polar surface area (TPSA) is 44.2 Å². The van der Waals surface area contributed by atoms with Crippen molar-refractivity contribution in [1.82, 2.24) is 9.97 Å². The second-order valence-electron chi connectivity index (χ2n) is 3.97. The minimum atomic E-state index is 0.385. The molecule has 4 nitrogen and oxygen atoms in total. The molecular weight excluding hydrogens is 216 g/mol. The maximum Gasteiger partial charge on any atom is 0.115 e. The lowest BCUT2D eigenvalue weighted by Gasteiger charge is -2.22. The summed E-state index contributed by atoms with van der Waals surface area (Å²) in [5.74, 6) is 0. The van der Waals surface area contributed by atoms with Crippen LogP contribution in [0.15, 0.2) is 24.8 Å². The molecule has 0 amide bonds. The third-order valence-corrected chi connectivity index (χ3v) is 2.49. The van der Waals surface area contributed by atoms with E-state index in [4.69, 9.17) is 9.47 Å². The Morgan fingerprint density at radius 2 is 2.00 bits per heavy atom. The van der Waals surface area contributed by atoms with Gasteiger partial charge in [0.15, 0.2) is 0 Å². The Morgan fingerprint density at radius 1 is 1.18 bits per heavy atom. The summed E-state index contributed by atoms with van der Waals surface area (Å²) in [5.41, 5.74) is 0. The summed E-state index contributed by atoms with van der Waals surface area (Å²) in [6.45, 7) is 4.60. The molecule has 1 unspecified atom stereocenters. The maximum atomic E-state index is 5.50. The molecule has 2 rings (SSSR count). The Morgan fingerprint density at radius 3 is 2.47 bits per heavy atom. The van der Waals surface area contributed by atoms with Crippen LogP contribution in [0.5, 0.6) is 0 Å². The zero-order valence-corrected chi connectivity index (χ0v) is 10.5. The average Bonchev–Trinajstić information content (AvgIpc) is 2.43. The van der Waals surface area contributed by atoms with Crippen LogP contribution in [0.2, 0.25) is 0 Å². The van der Waals surface area contributed by atoms with Crippen LogP contribution >= 0.6 is 0 Å². The van der Waals surface area contributed by atoms with E-state index in [-0.39, 0.29) is 0 Å². The van der Waals surface area contributed by atoms with Gasteiger partial charge in [0, 0.05) is 12.4 Å². The number of aromatic nitrogens is 2. The number of nitrogens with zero attached hydrogens (tertiary/aromatic N) is 2. The summed E-state index contributed by atoms with van der Waals surface area (Å²) in [6.07, 6.45) is 10.3. The molecule has 0 aliphatic carbocycles. The van der Waals surface area contributed by atoms with E-state index in [1.165, 1.54) is 32.0 Å². The first-order valence-corrected chi connectivity index (χ1v) is 6.32. The Bertz CT molecular complexity index is 224. The number of hydrogen-bond acceptors (Lipinski definition) is 4. The van der Waals surface area contributed by atoms with Gasteiger partial charge in [0.05, 0.1) is 25.9 Å². The van der Waals surface area contributed by atoms with Gasteiger partial charge in [-0.25, -0.2) is 9.97 Å². The molecule has 2 heterocycles. The second kappa shape index (κ2) is 10.2. The van der Waals surface area contributed by atoms with Crippen molar-refractivity contribution in [2.45, 2.75) is 38.7 Å². The van der Waals surface area contributed by atoms with E-state index in [2.05, 4.69) is 16.9 Å². The lowest BCUT2D eigenvalue weighted by atomic mass is 10.1. The van der Waals surface area contributed by atoms with E-state index in [9.17, 15) is 0 Å². The highest BCUT2D eigenvalue weighted by molar-refractivity contribution is 4.74. The fourth-order valence-electron chi connectivity index (χ4n) is 1.58. The lowest BCUT2D eigenvalue weighted by Crippen LogP contribution is -2.28. The Hall–Kier alpha value is -1.00. The Kier molecular flexibility index (Phi) is 8.42. The molecule has 0 N–H and O–H groups in total. The van der Waals surface area contributed by atoms with Gasteiger partial charge in [-0.2, -0.15) is 0 Å². The van der Waals surface area contributed by atoms with Gasteiger partial charge >= 0.3 is 0 Å². The third kappa shape index (κ3) is 7.82. The van der Waals surface area contributed by atoms with Gasteiger partial charge in [0.2, 0.25) is 0 Å². The molecule has 1 aromatic rings. The van der Waals surface area contributed by atoms with E-state index >= 15 is 0 Å². The molecule has 1 aliphatic heterocycles. The molecular formula is C13H22N2O2. The molecule has 0 radical (unpaired) electrons. The molecule has 1 saturated heterocycles. The molecule has 1 fully saturated rings. The molecule has 17 heavy (non-hydrogen) atoms. The SMILES string of the molecule is CCCCCC1COCCO1.c1cncnc1. The van der Waals surface area contributed by atoms with Crippen LogP contribution in [0.25, 0.3) is 0 Å². The van der Waals surface area contributed by atoms with Gasteiger partial charge in [-0.05, 0) is 12.5 Å². The predicted octanol–water partition coefficient (Wildman–Crippen LogP) is 2.46. The second-order valence-corrected chi connectivity index (χ2v) is 3.97. The predicted molar refractivity (Wildman–Crippen MR) is 66.7 cm³/mol. The van der Waals surface area contributed by atoms with Crippen molar-refractivity contribution in [1.29, 1.82) is 0 Å². The van der Waals surface area contributed by atoms with Crippen molar-refractivity contribution in [3.05, 3.63) is 24.8 Å². The molecule has 1 aromatic heterocycles. The van der Waals surface area contributed by atoms with Crippen LogP contribution in [0.1, 0.15) is 32.6 Å². The summed E-state index contributed by atoms with van der Waals surface area (Å²) in [7, 11) is 0. The van der Waals surface area contributed by atoms with Gasteiger partial charge in [-0.15, -0.1) is 0 Å².